The van der Waals surface area contributed by atoms with Crippen LogP contribution in [0, 0.1) is 5.92 Å². The zero-order chi connectivity index (χ0) is 13.3. The highest BCUT2D eigenvalue weighted by Gasteiger charge is 2.37. The molecule has 1 aromatic heterocycles. The van der Waals surface area contributed by atoms with E-state index < -0.39 is 11.7 Å². The molecule has 3 N–H and O–H groups in total. The van der Waals surface area contributed by atoms with E-state index in [-0.39, 0.29) is 17.7 Å². The molecule has 0 aromatic carbocycles. The van der Waals surface area contributed by atoms with Crippen LogP contribution in [0.5, 0.6) is 0 Å². The molecule has 6 heteroatoms. The van der Waals surface area contributed by atoms with Crippen LogP contribution in [0.25, 0.3) is 0 Å². The number of pyridine rings is 1. The molecule has 0 bridgehead atoms. The Labute approximate surface area is 104 Å². The minimum Gasteiger partial charge on any atom is -0.384 e. The molecule has 0 saturated heterocycles. The SMILES string of the molecule is CCCC1CC1Nc1cc(C(F)(F)F)cc(N)n1. The van der Waals surface area contributed by atoms with E-state index in [0.29, 0.717) is 5.92 Å². The fourth-order valence-corrected chi connectivity index (χ4v) is 2.09. The number of nitrogens with two attached hydrogens (primary N) is 1. The van der Waals surface area contributed by atoms with E-state index in [1.165, 1.54) is 0 Å². The Kier molecular flexibility index (Phi) is 3.36. The molecule has 1 aliphatic carbocycles. The van der Waals surface area contributed by atoms with Gasteiger partial charge >= 0.3 is 6.18 Å². The van der Waals surface area contributed by atoms with E-state index >= 15 is 0 Å². The lowest BCUT2D eigenvalue weighted by atomic mass is 10.2. The Morgan fingerprint density at radius 3 is 2.78 bits per heavy atom. The molecule has 1 aliphatic rings. The van der Waals surface area contributed by atoms with Gasteiger partial charge in [-0.05, 0) is 30.9 Å². The standard InChI is InChI=1S/C12H16F3N3/c1-2-3-7-4-9(7)17-11-6-8(12(13,14)15)5-10(16)18-11/h5-7,9H,2-4H2,1H3,(H3,16,17,18). The Morgan fingerprint density at radius 2 is 2.17 bits per heavy atom. The predicted molar refractivity (Wildman–Crippen MR) is 64.1 cm³/mol. The molecule has 1 aromatic rings. The van der Waals surface area contributed by atoms with Gasteiger partial charge in [-0.2, -0.15) is 13.2 Å². The lowest BCUT2D eigenvalue weighted by Crippen LogP contribution is -2.11. The van der Waals surface area contributed by atoms with Gasteiger partial charge in [-0.15, -0.1) is 0 Å². The maximum absolute atomic E-state index is 12.6. The molecular weight excluding hydrogens is 243 g/mol. The molecule has 100 valence electrons. The maximum atomic E-state index is 12.6. The molecule has 3 nitrogen and oxygen atoms in total. The number of hydrogen-bond acceptors (Lipinski definition) is 3. The highest BCUT2D eigenvalue weighted by molar-refractivity contribution is 5.48. The van der Waals surface area contributed by atoms with E-state index in [9.17, 15) is 13.2 Å². The monoisotopic (exact) mass is 259 g/mol. The summed E-state index contributed by atoms with van der Waals surface area (Å²) in [7, 11) is 0. The van der Waals surface area contributed by atoms with Gasteiger partial charge in [-0.25, -0.2) is 4.98 Å². The first-order valence-electron chi connectivity index (χ1n) is 6.01. The van der Waals surface area contributed by atoms with Crippen molar-refractivity contribution in [2.45, 2.75) is 38.4 Å². The Morgan fingerprint density at radius 1 is 1.44 bits per heavy atom. The van der Waals surface area contributed by atoms with Crippen molar-refractivity contribution in [1.29, 1.82) is 0 Å². The highest BCUT2D eigenvalue weighted by Crippen LogP contribution is 2.38. The first kappa shape index (κ1) is 13.0. The first-order chi connectivity index (χ1) is 8.40. The Hall–Kier alpha value is -1.46. The fraction of sp³-hybridized carbons (Fsp3) is 0.583. The number of hydrogen-bond donors (Lipinski definition) is 2. The summed E-state index contributed by atoms with van der Waals surface area (Å²) in [5, 5.41) is 3.01. The van der Waals surface area contributed by atoms with Crippen molar-refractivity contribution in [2.24, 2.45) is 5.92 Å². The molecule has 18 heavy (non-hydrogen) atoms. The molecule has 0 spiro atoms. The number of nitrogens with one attached hydrogen (secondary N) is 1. The molecule has 2 rings (SSSR count). The van der Waals surface area contributed by atoms with Gasteiger partial charge in [-0.1, -0.05) is 13.3 Å². The molecule has 1 heterocycles. The van der Waals surface area contributed by atoms with Crippen molar-refractivity contribution in [2.75, 3.05) is 11.1 Å². The second-order valence-electron chi connectivity index (χ2n) is 4.70. The van der Waals surface area contributed by atoms with Crippen molar-refractivity contribution in [3.8, 4) is 0 Å². The van der Waals surface area contributed by atoms with Crippen LogP contribution in [0.1, 0.15) is 31.7 Å². The molecule has 2 atom stereocenters. The summed E-state index contributed by atoms with van der Waals surface area (Å²) in [4.78, 5) is 3.89. The van der Waals surface area contributed by atoms with Crippen molar-refractivity contribution in [3.05, 3.63) is 17.7 Å². The lowest BCUT2D eigenvalue weighted by Gasteiger charge is -2.11. The van der Waals surface area contributed by atoms with Gasteiger partial charge in [0.1, 0.15) is 11.6 Å². The van der Waals surface area contributed by atoms with Crippen LogP contribution in [-0.2, 0) is 6.18 Å². The summed E-state index contributed by atoms with van der Waals surface area (Å²) in [6.45, 7) is 2.09. The molecule has 0 amide bonds. The van der Waals surface area contributed by atoms with Crippen molar-refractivity contribution < 1.29 is 13.2 Å². The third kappa shape index (κ3) is 3.05. The average Bonchev–Trinajstić information content (AvgIpc) is 2.94. The summed E-state index contributed by atoms with van der Waals surface area (Å²) in [5.74, 6) is 0.651. The van der Waals surface area contributed by atoms with E-state index in [1.54, 1.807) is 0 Å². The maximum Gasteiger partial charge on any atom is 0.416 e. The van der Waals surface area contributed by atoms with Gasteiger partial charge in [-0.3, -0.25) is 0 Å². The van der Waals surface area contributed by atoms with E-state index in [2.05, 4.69) is 17.2 Å². The van der Waals surface area contributed by atoms with Crippen molar-refractivity contribution in [1.82, 2.24) is 4.98 Å². The molecule has 1 fully saturated rings. The largest absolute Gasteiger partial charge is 0.416 e. The van der Waals surface area contributed by atoms with Gasteiger partial charge in [0.25, 0.3) is 0 Å². The smallest absolute Gasteiger partial charge is 0.384 e. The van der Waals surface area contributed by atoms with Gasteiger partial charge in [0.05, 0.1) is 5.56 Å². The second-order valence-corrected chi connectivity index (χ2v) is 4.70. The second kappa shape index (κ2) is 4.66. The summed E-state index contributed by atoms with van der Waals surface area (Å²) < 4.78 is 37.8. The molecule has 1 saturated carbocycles. The third-order valence-electron chi connectivity index (χ3n) is 3.09. The van der Waals surface area contributed by atoms with Crippen LogP contribution in [0.3, 0.4) is 0 Å². The average molecular weight is 259 g/mol. The number of nitrogen functional groups attached to an aromatic ring is 1. The fourth-order valence-electron chi connectivity index (χ4n) is 2.09. The minimum absolute atomic E-state index is 0.111. The summed E-state index contributed by atoms with van der Waals surface area (Å²) in [5.41, 5.74) is 4.64. The zero-order valence-electron chi connectivity index (χ0n) is 10.1. The molecular formula is C12H16F3N3. The molecule has 0 aliphatic heterocycles. The van der Waals surface area contributed by atoms with Crippen LogP contribution in [0.15, 0.2) is 12.1 Å². The number of halogens is 3. The number of aromatic nitrogens is 1. The van der Waals surface area contributed by atoms with Gasteiger partial charge < -0.3 is 11.1 Å². The molecule has 0 radical (unpaired) electrons. The summed E-state index contributed by atoms with van der Waals surface area (Å²) >= 11 is 0. The normalized spacial score (nSPS) is 22.9. The quantitative estimate of drug-likeness (QED) is 0.872. The van der Waals surface area contributed by atoms with Crippen molar-refractivity contribution in [3.63, 3.8) is 0 Å². The topological polar surface area (TPSA) is 50.9 Å². The first-order valence-corrected chi connectivity index (χ1v) is 6.01. The third-order valence-corrected chi connectivity index (χ3v) is 3.09. The number of nitrogens with zero attached hydrogens (tertiary/aromatic N) is 1. The van der Waals surface area contributed by atoms with Crippen LogP contribution in [0.4, 0.5) is 24.8 Å². The van der Waals surface area contributed by atoms with Crippen LogP contribution in [-0.4, -0.2) is 11.0 Å². The van der Waals surface area contributed by atoms with Crippen molar-refractivity contribution >= 4 is 11.6 Å². The number of alkyl halides is 3. The highest BCUT2D eigenvalue weighted by atomic mass is 19.4. The van der Waals surface area contributed by atoms with E-state index in [1.807, 2.05) is 0 Å². The summed E-state index contributed by atoms with van der Waals surface area (Å²) in [6, 6.07) is 2.10. The van der Waals surface area contributed by atoms with Crippen LogP contribution < -0.4 is 11.1 Å². The zero-order valence-corrected chi connectivity index (χ0v) is 10.1. The van der Waals surface area contributed by atoms with E-state index in [0.717, 1.165) is 31.4 Å². The van der Waals surface area contributed by atoms with E-state index in [4.69, 9.17) is 5.73 Å². The van der Waals surface area contributed by atoms with Gasteiger partial charge in [0.15, 0.2) is 0 Å². The minimum atomic E-state index is -4.39. The number of anilines is 2. The van der Waals surface area contributed by atoms with Gasteiger partial charge in [0.2, 0.25) is 0 Å². The van der Waals surface area contributed by atoms with Crippen LogP contribution in [0.2, 0.25) is 0 Å². The molecule has 2 unspecified atom stereocenters. The lowest BCUT2D eigenvalue weighted by molar-refractivity contribution is -0.137. The predicted octanol–water partition coefficient (Wildman–Crippen LogP) is 3.28. The number of rotatable bonds is 4. The van der Waals surface area contributed by atoms with Gasteiger partial charge in [0, 0.05) is 6.04 Å². The Balaban J connectivity index is 2.08. The summed E-state index contributed by atoms with van der Waals surface area (Å²) in [6.07, 6.45) is -1.22. The van der Waals surface area contributed by atoms with Crippen LogP contribution >= 0.6 is 0 Å². The Bertz CT molecular complexity index is 431.